The quantitative estimate of drug-likeness (QED) is 0.694. The summed E-state index contributed by atoms with van der Waals surface area (Å²) >= 11 is 0. The summed E-state index contributed by atoms with van der Waals surface area (Å²) in [5.74, 6) is -0.208. The molecule has 0 aromatic heterocycles. The highest BCUT2D eigenvalue weighted by Gasteiger charge is 2.38. The van der Waals surface area contributed by atoms with Gasteiger partial charge in [0.2, 0.25) is 5.91 Å². The number of anilines is 1. The van der Waals surface area contributed by atoms with Crippen LogP contribution in [-0.4, -0.2) is 22.8 Å². The van der Waals surface area contributed by atoms with E-state index in [4.69, 9.17) is 0 Å². The topological polar surface area (TPSA) is 61.4 Å². The van der Waals surface area contributed by atoms with Crippen LogP contribution in [0.2, 0.25) is 0 Å². The molecule has 0 aliphatic carbocycles. The first kappa shape index (κ1) is 18.4. The lowest BCUT2D eigenvalue weighted by Gasteiger charge is -2.30. The van der Waals surface area contributed by atoms with Crippen LogP contribution in [0.25, 0.3) is 10.8 Å². The lowest BCUT2D eigenvalue weighted by Crippen LogP contribution is -2.49. The minimum absolute atomic E-state index is 0.0706. The molecule has 5 rings (SSSR count). The largest absolute Gasteiger partial charge is 0.381 e. The lowest BCUT2D eigenvalue weighted by atomic mass is 10.0. The van der Waals surface area contributed by atoms with Gasteiger partial charge >= 0.3 is 0 Å². The van der Waals surface area contributed by atoms with Crippen molar-refractivity contribution in [2.45, 2.75) is 32.0 Å². The molecular formula is C25H23N3O2. The first-order valence-corrected chi connectivity index (χ1v) is 10.2. The van der Waals surface area contributed by atoms with Crippen molar-refractivity contribution in [3.63, 3.8) is 0 Å². The van der Waals surface area contributed by atoms with E-state index >= 15 is 0 Å². The summed E-state index contributed by atoms with van der Waals surface area (Å²) in [6.45, 7) is 4.98. The van der Waals surface area contributed by atoms with E-state index in [0.29, 0.717) is 31.5 Å². The standard InChI is InChI=1S/C25H23N3O2/c1-16-6-11-23(24(29)27-16)28-15-20-13-21(9-10-22(20)25(28)30)26-14-17-7-8-18-4-2-3-5-19(18)12-17/h2-5,7-10,12-13,23,26H,1,6,11,14-15H2,(H,27,29). The first-order chi connectivity index (χ1) is 14.6. The van der Waals surface area contributed by atoms with Crippen molar-refractivity contribution in [1.82, 2.24) is 10.2 Å². The number of rotatable bonds is 4. The van der Waals surface area contributed by atoms with Gasteiger partial charge in [-0.15, -0.1) is 0 Å². The second-order valence-electron chi connectivity index (χ2n) is 7.99. The molecule has 2 heterocycles. The lowest BCUT2D eigenvalue weighted by molar-refractivity contribution is -0.126. The highest BCUT2D eigenvalue weighted by molar-refractivity contribution is 6.01. The van der Waals surface area contributed by atoms with E-state index in [-0.39, 0.29) is 11.8 Å². The third kappa shape index (κ3) is 3.32. The Labute approximate surface area is 175 Å². The Hall–Kier alpha value is -3.60. The molecule has 2 aliphatic heterocycles. The third-order valence-corrected chi connectivity index (χ3v) is 5.95. The van der Waals surface area contributed by atoms with Crippen molar-refractivity contribution in [3.8, 4) is 0 Å². The molecular weight excluding hydrogens is 374 g/mol. The monoisotopic (exact) mass is 397 g/mol. The molecule has 0 radical (unpaired) electrons. The molecule has 0 spiro atoms. The van der Waals surface area contributed by atoms with Crippen LogP contribution in [0.3, 0.4) is 0 Å². The van der Waals surface area contributed by atoms with Crippen molar-refractivity contribution in [3.05, 3.63) is 89.6 Å². The van der Waals surface area contributed by atoms with Gasteiger partial charge < -0.3 is 15.5 Å². The number of piperidine rings is 1. The van der Waals surface area contributed by atoms with Gasteiger partial charge in [-0.2, -0.15) is 0 Å². The van der Waals surface area contributed by atoms with E-state index in [1.165, 1.54) is 16.3 Å². The van der Waals surface area contributed by atoms with Crippen molar-refractivity contribution in [2.75, 3.05) is 5.32 Å². The molecule has 30 heavy (non-hydrogen) atoms. The van der Waals surface area contributed by atoms with Crippen LogP contribution in [0, 0.1) is 0 Å². The Morgan fingerprint density at radius 3 is 2.70 bits per heavy atom. The molecule has 150 valence electrons. The molecule has 2 amide bonds. The number of fused-ring (bicyclic) bond motifs is 2. The van der Waals surface area contributed by atoms with E-state index in [0.717, 1.165) is 16.9 Å². The fourth-order valence-corrected chi connectivity index (χ4v) is 4.32. The van der Waals surface area contributed by atoms with Crippen molar-refractivity contribution < 1.29 is 9.59 Å². The number of hydrogen-bond donors (Lipinski definition) is 2. The Morgan fingerprint density at radius 1 is 1.03 bits per heavy atom. The zero-order valence-electron chi connectivity index (χ0n) is 16.7. The van der Waals surface area contributed by atoms with Gasteiger partial charge in [0.25, 0.3) is 5.91 Å². The number of hydrogen-bond acceptors (Lipinski definition) is 3. The van der Waals surface area contributed by atoms with Crippen molar-refractivity contribution in [2.24, 2.45) is 0 Å². The van der Waals surface area contributed by atoms with Crippen LogP contribution < -0.4 is 10.6 Å². The normalized spacial score (nSPS) is 18.5. The van der Waals surface area contributed by atoms with Gasteiger partial charge in [-0.1, -0.05) is 43.0 Å². The smallest absolute Gasteiger partial charge is 0.255 e. The van der Waals surface area contributed by atoms with E-state index < -0.39 is 6.04 Å². The maximum atomic E-state index is 12.8. The molecule has 0 saturated carbocycles. The zero-order chi connectivity index (χ0) is 20.7. The Morgan fingerprint density at radius 2 is 1.87 bits per heavy atom. The number of carbonyl (C=O) groups is 2. The van der Waals surface area contributed by atoms with Crippen molar-refractivity contribution in [1.29, 1.82) is 0 Å². The summed E-state index contributed by atoms with van der Waals surface area (Å²) < 4.78 is 0. The Balaban J connectivity index is 1.30. The summed E-state index contributed by atoms with van der Waals surface area (Å²) in [6, 6.07) is 20.2. The molecule has 5 heteroatoms. The molecule has 1 unspecified atom stereocenters. The fraction of sp³-hybridized carbons (Fsp3) is 0.200. The van der Waals surface area contributed by atoms with Gasteiger partial charge in [0, 0.05) is 30.0 Å². The number of allylic oxidation sites excluding steroid dienone is 1. The highest BCUT2D eigenvalue weighted by atomic mass is 16.2. The van der Waals surface area contributed by atoms with Crippen molar-refractivity contribution >= 4 is 28.3 Å². The number of nitrogens with one attached hydrogen (secondary N) is 2. The van der Waals surface area contributed by atoms with E-state index in [2.05, 4.69) is 47.5 Å². The number of carbonyl (C=O) groups excluding carboxylic acids is 2. The minimum Gasteiger partial charge on any atom is -0.381 e. The third-order valence-electron chi connectivity index (χ3n) is 5.95. The maximum absolute atomic E-state index is 12.8. The molecule has 2 aliphatic rings. The Kier molecular flexibility index (Phi) is 4.51. The number of amides is 2. The summed E-state index contributed by atoms with van der Waals surface area (Å²) in [5, 5.41) is 8.69. The summed E-state index contributed by atoms with van der Waals surface area (Å²) in [5.41, 5.74) is 4.54. The van der Waals surface area contributed by atoms with Crippen LogP contribution in [0.5, 0.6) is 0 Å². The van der Waals surface area contributed by atoms with E-state index in [9.17, 15) is 9.59 Å². The molecule has 1 saturated heterocycles. The SMILES string of the molecule is C=C1CCC(N2Cc3cc(NCc4ccc5ccccc5c4)ccc3C2=O)C(=O)N1. The van der Waals surface area contributed by atoms with Gasteiger partial charge in [0.15, 0.2) is 0 Å². The zero-order valence-corrected chi connectivity index (χ0v) is 16.7. The second kappa shape index (κ2) is 7.34. The van der Waals surface area contributed by atoms with Gasteiger partial charge in [0.05, 0.1) is 0 Å². The first-order valence-electron chi connectivity index (χ1n) is 10.2. The van der Waals surface area contributed by atoms with Crippen LogP contribution in [-0.2, 0) is 17.9 Å². The predicted molar refractivity (Wildman–Crippen MR) is 118 cm³/mol. The van der Waals surface area contributed by atoms with Gasteiger partial charge in [0.1, 0.15) is 6.04 Å². The molecule has 3 aromatic carbocycles. The maximum Gasteiger partial charge on any atom is 0.255 e. The predicted octanol–water partition coefficient (Wildman–Crippen LogP) is 4.20. The van der Waals surface area contributed by atoms with Crippen LogP contribution in [0.1, 0.15) is 34.3 Å². The van der Waals surface area contributed by atoms with E-state index in [1.807, 2.05) is 30.3 Å². The summed E-state index contributed by atoms with van der Waals surface area (Å²) in [7, 11) is 0. The van der Waals surface area contributed by atoms with Crippen LogP contribution in [0.4, 0.5) is 5.69 Å². The van der Waals surface area contributed by atoms with Gasteiger partial charge in [-0.3, -0.25) is 9.59 Å². The average molecular weight is 397 g/mol. The molecule has 2 N–H and O–H groups in total. The molecule has 3 aromatic rings. The molecule has 0 bridgehead atoms. The Bertz CT molecular complexity index is 1180. The van der Waals surface area contributed by atoms with Crippen LogP contribution in [0.15, 0.2) is 72.9 Å². The highest BCUT2D eigenvalue weighted by Crippen LogP contribution is 2.30. The molecule has 1 atom stereocenters. The number of nitrogens with zero attached hydrogens (tertiary/aromatic N) is 1. The van der Waals surface area contributed by atoms with E-state index in [1.54, 1.807) is 4.90 Å². The summed E-state index contributed by atoms with van der Waals surface area (Å²) in [6.07, 6.45) is 1.33. The van der Waals surface area contributed by atoms with Gasteiger partial charge in [-0.25, -0.2) is 0 Å². The van der Waals surface area contributed by atoms with Crippen LogP contribution >= 0.6 is 0 Å². The molecule has 5 nitrogen and oxygen atoms in total. The average Bonchev–Trinajstić information content (AvgIpc) is 3.08. The second-order valence-corrected chi connectivity index (χ2v) is 7.99. The van der Waals surface area contributed by atoms with Gasteiger partial charge in [-0.05, 0) is 59.0 Å². The number of benzene rings is 3. The molecule has 1 fully saturated rings. The minimum atomic E-state index is -0.426. The summed E-state index contributed by atoms with van der Waals surface area (Å²) in [4.78, 5) is 26.9. The fourth-order valence-electron chi connectivity index (χ4n) is 4.32.